The zero-order chi connectivity index (χ0) is 24.9. The van der Waals surface area contributed by atoms with Crippen LogP contribution in [0.15, 0.2) is 51.5 Å². The van der Waals surface area contributed by atoms with Crippen LogP contribution in [0.3, 0.4) is 0 Å². The summed E-state index contributed by atoms with van der Waals surface area (Å²) in [6.07, 6.45) is 4.16. The van der Waals surface area contributed by atoms with E-state index in [4.69, 9.17) is 4.42 Å². The van der Waals surface area contributed by atoms with Gasteiger partial charge in [0, 0.05) is 42.1 Å². The first-order valence-electron chi connectivity index (χ1n) is 12.1. The van der Waals surface area contributed by atoms with Gasteiger partial charge >= 0.3 is 0 Å². The van der Waals surface area contributed by atoms with E-state index in [1.165, 1.54) is 11.3 Å². The molecule has 34 heavy (non-hydrogen) atoms. The molecule has 8 heteroatoms. The zero-order valence-electron chi connectivity index (χ0n) is 21.3. The van der Waals surface area contributed by atoms with Gasteiger partial charge in [0.25, 0.3) is 0 Å². The molecule has 0 unspecified atom stereocenters. The summed E-state index contributed by atoms with van der Waals surface area (Å²) >= 11 is 1.50. The van der Waals surface area contributed by atoms with Crippen LogP contribution in [-0.2, 0) is 16.6 Å². The second kappa shape index (κ2) is 11.8. The summed E-state index contributed by atoms with van der Waals surface area (Å²) < 4.78 is 35.4. The highest BCUT2D eigenvalue weighted by Crippen LogP contribution is 2.29. The van der Waals surface area contributed by atoms with Crippen LogP contribution in [0.4, 0.5) is 0 Å². The van der Waals surface area contributed by atoms with Gasteiger partial charge in [-0.25, -0.2) is 8.42 Å². The predicted octanol–water partition coefficient (Wildman–Crippen LogP) is 6.11. The summed E-state index contributed by atoms with van der Waals surface area (Å²) in [4.78, 5) is 7.89. The normalized spacial score (nSPS) is 13.9. The van der Waals surface area contributed by atoms with Crippen molar-refractivity contribution in [3.63, 3.8) is 0 Å². The fraction of sp³-hybridized carbons (Fsp3) is 0.577. The Morgan fingerprint density at radius 1 is 0.971 bits per heavy atom. The van der Waals surface area contributed by atoms with Crippen LogP contribution in [-0.4, -0.2) is 48.3 Å². The number of thiazole rings is 1. The third-order valence-corrected chi connectivity index (χ3v) is 8.35. The molecule has 0 saturated heterocycles. The molecule has 3 rings (SSSR count). The van der Waals surface area contributed by atoms with Gasteiger partial charge in [0.2, 0.25) is 10.0 Å². The van der Waals surface area contributed by atoms with Crippen molar-refractivity contribution in [1.29, 1.82) is 0 Å². The van der Waals surface area contributed by atoms with Gasteiger partial charge in [-0.05, 0) is 48.4 Å². The number of fused-ring (bicyclic) bond motifs is 1. The first-order chi connectivity index (χ1) is 16.1. The minimum Gasteiger partial charge on any atom is -0.464 e. The zero-order valence-corrected chi connectivity index (χ0v) is 22.9. The number of furan rings is 1. The fourth-order valence-corrected chi connectivity index (χ4v) is 6.82. The van der Waals surface area contributed by atoms with Gasteiger partial charge in [-0.1, -0.05) is 41.5 Å². The molecule has 0 radical (unpaired) electrons. The molecule has 3 aromatic rings. The van der Waals surface area contributed by atoms with Gasteiger partial charge in [-0.2, -0.15) is 4.31 Å². The second-order valence-corrected chi connectivity index (χ2v) is 13.3. The molecule has 0 amide bonds. The van der Waals surface area contributed by atoms with Crippen molar-refractivity contribution in [3.8, 4) is 0 Å². The van der Waals surface area contributed by atoms with Gasteiger partial charge in [0.05, 0.1) is 23.2 Å². The summed E-state index contributed by atoms with van der Waals surface area (Å²) in [6, 6.07) is 6.78. The molecule has 0 saturated carbocycles. The molecule has 0 bridgehead atoms. The van der Waals surface area contributed by atoms with Crippen molar-refractivity contribution < 1.29 is 12.8 Å². The summed E-state index contributed by atoms with van der Waals surface area (Å²) in [7, 11) is -3.75. The Balaban J connectivity index is 2.02. The van der Waals surface area contributed by atoms with Crippen molar-refractivity contribution in [2.45, 2.75) is 65.4 Å². The molecule has 0 N–H and O–H groups in total. The van der Waals surface area contributed by atoms with E-state index in [1.54, 1.807) is 46.5 Å². The molecule has 1 aromatic carbocycles. The van der Waals surface area contributed by atoms with E-state index in [2.05, 4.69) is 51.4 Å². The third kappa shape index (κ3) is 7.13. The molecule has 0 aliphatic heterocycles. The minimum absolute atomic E-state index is 0.148. The van der Waals surface area contributed by atoms with Gasteiger partial charge in [-0.15, -0.1) is 11.3 Å². The van der Waals surface area contributed by atoms with E-state index < -0.39 is 10.0 Å². The lowest BCUT2D eigenvalue weighted by atomic mass is 10.0. The molecule has 0 aliphatic carbocycles. The largest absolute Gasteiger partial charge is 0.464 e. The lowest BCUT2D eigenvalue weighted by Crippen LogP contribution is -2.48. The van der Waals surface area contributed by atoms with Crippen molar-refractivity contribution in [2.75, 3.05) is 19.6 Å². The summed E-state index contributed by atoms with van der Waals surface area (Å²) in [6.45, 7) is 16.1. The smallest absolute Gasteiger partial charge is 0.243 e. The second-order valence-electron chi connectivity index (χ2n) is 10.4. The molecule has 188 valence electrons. The molecule has 0 spiro atoms. The molecule has 6 nitrogen and oxygen atoms in total. The van der Waals surface area contributed by atoms with Crippen LogP contribution in [0, 0.1) is 17.8 Å². The number of hydrogen-bond donors (Lipinski definition) is 0. The standard InChI is InChI=1S/C26H39N3O3S2/c1-19(2)11-23(16-28(14-20(3)4)15-21(5)6)29(17-24-13-27-18-33-24)34(30,31)25-7-8-26-22(12-25)9-10-32-26/h7-10,12-13,18-21,23H,11,14-17H2,1-6H3/t23-/m0/s1. The van der Waals surface area contributed by atoms with Gasteiger partial charge < -0.3 is 9.32 Å². The fourth-order valence-electron chi connectivity index (χ4n) is 4.51. The Kier molecular flexibility index (Phi) is 9.32. The van der Waals surface area contributed by atoms with E-state index in [-0.39, 0.29) is 6.04 Å². The van der Waals surface area contributed by atoms with E-state index in [1.807, 2.05) is 0 Å². The quantitative estimate of drug-likeness (QED) is 0.280. The first-order valence-corrected chi connectivity index (χ1v) is 14.5. The van der Waals surface area contributed by atoms with E-state index in [9.17, 15) is 8.42 Å². The lowest BCUT2D eigenvalue weighted by molar-refractivity contribution is 0.153. The number of sulfonamides is 1. The van der Waals surface area contributed by atoms with Gasteiger partial charge in [-0.3, -0.25) is 4.98 Å². The number of nitrogens with zero attached hydrogens (tertiary/aromatic N) is 3. The van der Waals surface area contributed by atoms with Gasteiger partial charge in [0.1, 0.15) is 5.58 Å². The predicted molar refractivity (Wildman–Crippen MR) is 140 cm³/mol. The molecular formula is C26H39N3O3S2. The Morgan fingerprint density at radius 3 is 2.26 bits per heavy atom. The number of aromatic nitrogens is 1. The number of benzene rings is 1. The minimum atomic E-state index is -3.75. The lowest BCUT2D eigenvalue weighted by Gasteiger charge is -2.37. The summed E-state index contributed by atoms with van der Waals surface area (Å²) in [5.41, 5.74) is 2.45. The molecule has 2 aromatic heterocycles. The Labute approximate surface area is 209 Å². The van der Waals surface area contributed by atoms with Crippen molar-refractivity contribution in [2.24, 2.45) is 17.8 Å². The van der Waals surface area contributed by atoms with E-state index >= 15 is 0 Å². The molecule has 2 heterocycles. The Hall–Kier alpha value is -1.74. The maximum absolute atomic E-state index is 14.1. The SMILES string of the molecule is CC(C)C[C@@H](CN(CC(C)C)CC(C)C)N(Cc1cncs1)S(=O)(=O)c1ccc2occc2c1. The summed E-state index contributed by atoms with van der Waals surface area (Å²) in [5.74, 6) is 1.38. The third-order valence-electron chi connectivity index (χ3n) is 5.69. The van der Waals surface area contributed by atoms with Crippen molar-refractivity contribution >= 4 is 32.3 Å². The number of hydrogen-bond acceptors (Lipinski definition) is 6. The van der Waals surface area contributed by atoms with Crippen LogP contribution >= 0.6 is 11.3 Å². The maximum Gasteiger partial charge on any atom is 0.243 e. The van der Waals surface area contributed by atoms with E-state index in [0.717, 1.165) is 29.8 Å². The number of rotatable bonds is 13. The highest BCUT2D eigenvalue weighted by molar-refractivity contribution is 7.89. The molecule has 0 aliphatic rings. The van der Waals surface area contributed by atoms with Crippen molar-refractivity contribution in [3.05, 3.63) is 47.1 Å². The highest BCUT2D eigenvalue weighted by atomic mass is 32.2. The van der Waals surface area contributed by atoms with Crippen LogP contribution in [0.1, 0.15) is 52.8 Å². The first kappa shape index (κ1) is 26.9. The Morgan fingerprint density at radius 2 is 1.68 bits per heavy atom. The average Bonchev–Trinajstić information content (AvgIpc) is 3.41. The van der Waals surface area contributed by atoms with E-state index in [0.29, 0.717) is 41.3 Å². The molecular weight excluding hydrogens is 466 g/mol. The van der Waals surface area contributed by atoms with Crippen LogP contribution < -0.4 is 0 Å². The summed E-state index contributed by atoms with van der Waals surface area (Å²) in [5, 5.41) is 0.792. The molecule has 0 fully saturated rings. The van der Waals surface area contributed by atoms with Crippen LogP contribution in [0.2, 0.25) is 0 Å². The maximum atomic E-state index is 14.1. The van der Waals surface area contributed by atoms with Gasteiger partial charge in [0.15, 0.2) is 0 Å². The van der Waals surface area contributed by atoms with Crippen molar-refractivity contribution in [1.82, 2.24) is 14.2 Å². The Bertz CT molecular complexity index is 1110. The monoisotopic (exact) mass is 505 g/mol. The highest BCUT2D eigenvalue weighted by Gasteiger charge is 2.34. The topological polar surface area (TPSA) is 66.7 Å². The average molecular weight is 506 g/mol. The molecule has 1 atom stereocenters. The van der Waals surface area contributed by atoms with Crippen LogP contribution in [0.25, 0.3) is 11.0 Å². The van der Waals surface area contributed by atoms with Crippen LogP contribution in [0.5, 0.6) is 0 Å².